The molecule has 1 saturated heterocycles. The molecule has 1 fully saturated rings. The second-order valence-electron chi connectivity index (χ2n) is 14.0. The average molecular weight is 750 g/mol. The van der Waals surface area contributed by atoms with Gasteiger partial charge in [-0.05, 0) is 62.5 Å². The van der Waals surface area contributed by atoms with Crippen LogP contribution in [0.15, 0.2) is 65.7 Å². The van der Waals surface area contributed by atoms with Crippen molar-refractivity contribution in [1.29, 1.82) is 0 Å². The van der Waals surface area contributed by atoms with Crippen LogP contribution in [-0.2, 0) is 41.6 Å². The first-order chi connectivity index (χ1) is 25.7. The van der Waals surface area contributed by atoms with Gasteiger partial charge in [-0.3, -0.25) is 29.0 Å². The molecule has 1 aliphatic rings. The van der Waals surface area contributed by atoms with Gasteiger partial charge in [0.25, 0.3) is 0 Å². The quantitative estimate of drug-likeness (QED) is 0.0508. The minimum absolute atomic E-state index is 0.0429. The highest BCUT2D eigenvalue weighted by atomic mass is 16.4. The van der Waals surface area contributed by atoms with Crippen molar-refractivity contribution >= 4 is 41.5 Å². The first-order valence-electron chi connectivity index (χ1n) is 18.3. The summed E-state index contributed by atoms with van der Waals surface area (Å²) in [5, 5.41) is 20.2. The molecule has 16 heteroatoms. The summed E-state index contributed by atoms with van der Waals surface area (Å²) < 4.78 is 0. The third kappa shape index (κ3) is 13.8. The molecule has 16 nitrogen and oxygen atoms in total. The molecular formula is C38H55N9O7. The van der Waals surface area contributed by atoms with Crippen molar-refractivity contribution < 1.29 is 33.9 Å². The molecule has 6 atom stereocenters. The van der Waals surface area contributed by atoms with Crippen molar-refractivity contribution in [3.8, 4) is 0 Å². The van der Waals surface area contributed by atoms with Crippen LogP contribution in [0.2, 0.25) is 0 Å². The Bertz CT molecular complexity index is 1600. The molecule has 2 aromatic rings. The minimum Gasteiger partial charge on any atom is -0.480 e. The zero-order chi connectivity index (χ0) is 39.8. The topological polar surface area (TPSA) is 264 Å². The normalized spacial score (nSPS) is 16.6. The molecule has 11 N–H and O–H groups in total. The smallest absolute Gasteiger partial charge is 0.326 e. The van der Waals surface area contributed by atoms with E-state index in [1.165, 1.54) is 11.8 Å². The molecule has 0 saturated carbocycles. The van der Waals surface area contributed by atoms with Gasteiger partial charge < -0.3 is 48.5 Å². The van der Waals surface area contributed by atoms with Crippen LogP contribution in [0.4, 0.5) is 0 Å². The summed E-state index contributed by atoms with van der Waals surface area (Å²) in [6, 6.07) is 12.2. The number of amides is 5. The number of nitrogens with zero attached hydrogens (tertiary/aromatic N) is 2. The van der Waals surface area contributed by atoms with Crippen LogP contribution in [0.5, 0.6) is 0 Å². The average Bonchev–Trinajstić information content (AvgIpc) is 3.62. The van der Waals surface area contributed by atoms with E-state index in [0.29, 0.717) is 19.3 Å². The Hall–Kier alpha value is -5.51. The standard InChI is InChI=1S/C38H55N9O7/c1-23(2)20-29(34(50)43-24(3)32(48)44-28(37(53)54)16-10-18-42-38(40)41)45-35(51)31-17-11-19-47(31)36(52)30(22-26-14-8-5-9-15-26)46-33(49)27(39)21-25-12-6-4-7-13-25/h4-9,12-15,23-24,27-31H,10-11,16-22,39H2,1-3H3,(H,43,50)(H,44,48)(H,45,51)(H,46,49)(H,53,54)(H4,40,41,42)/t24-,27-,28-,29-,30-,31-/m0/s1. The minimum atomic E-state index is -1.26. The van der Waals surface area contributed by atoms with Crippen molar-refractivity contribution in [3.05, 3.63) is 71.8 Å². The summed E-state index contributed by atoms with van der Waals surface area (Å²) in [5.41, 5.74) is 18.5. The lowest BCUT2D eigenvalue weighted by Gasteiger charge is -2.31. The van der Waals surface area contributed by atoms with Crippen molar-refractivity contribution in [2.24, 2.45) is 28.1 Å². The largest absolute Gasteiger partial charge is 0.480 e. The molecule has 0 aliphatic carbocycles. The van der Waals surface area contributed by atoms with E-state index in [9.17, 15) is 33.9 Å². The van der Waals surface area contributed by atoms with Crippen LogP contribution in [-0.4, -0.2) is 101 Å². The fourth-order valence-corrected chi connectivity index (χ4v) is 6.20. The van der Waals surface area contributed by atoms with Crippen LogP contribution in [0.25, 0.3) is 0 Å². The van der Waals surface area contributed by atoms with Gasteiger partial charge in [0.05, 0.1) is 6.04 Å². The van der Waals surface area contributed by atoms with Gasteiger partial charge in [-0.2, -0.15) is 0 Å². The van der Waals surface area contributed by atoms with Gasteiger partial charge in [-0.15, -0.1) is 0 Å². The second kappa shape index (κ2) is 21.3. The summed E-state index contributed by atoms with van der Waals surface area (Å²) in [7, 11) is 0. The summed E-state index contributed by atoms with van der Waals surface area (Å²) in [6.45, 7) is 5.59. The molecule has 0 bridgehead atoms. The van der Waals surface area contributed by atoms with Crippen LogP contribution in [0, 0.1) is 5.92 Å². The van der Waals surface area contributed by atoms with Crippen molar-refractivity contribution in [2.45, 2.75) is 102 Å². The second-order valence-corrected chi connectivity index (χ2v) is 14.0. The number of rotatable bonds is 20. The van der Waals surface area contributed by atoms with Crippen molar-refractivity contribution in [2.75, 3.05) is 13.1 Å². The Kier molecular flexibility index (Phi) is 16.9. The molecule has 0 aromatic heterocycles. The molecule has 0 radical (unpaired) electrons. The Labute approximate surface area is 316 Å². The number of carbonyl (C=O) groups is 6. The number of aliphatic imine (C=N–C) groups is 1. The van der Waals surface area contributed by atoms with E-state index in [-0.39, 0.29) is 50.7 Å². The van der Waals surface area contributed by atoms with Gasteiger partial charge in [-0.1, -0.05) is 74.5 Å². The maximum absolute atomic E-state index is 14.2. The van der Waals surface area contributed by atoms with Gasteiger partial charge in [0.1, 0.15) is 30.2 Å². The number of benzene rings is 2. The predicted molar refractivity (Wildman–Crippen MR) is 203 cm³/mol. The SMILES string of the molecule is CC(C)C[C@H](NC(=O)[C@@H]1CCCN1C(=O)[C@H](Cc1ccccc1)NC(=O)[C@@H](N)Cc1ccccc1)C(=O)N[C@@H](C)C(=O)N[C@@H](CCCN=C(N)N)C(=O)O. The third-order valence-corrected chi connectivity index (χ3v) is 9.02. The summed E-state index contributed by atoms with van der Waals surface area (Å²) in [6.07, 6.45) is 1.88. The van der Waals surface area contributed by atoms with Gasteiger partial charge in [0.15, 0.2) is 5.96 Å². The lowest BCUT2D eigenvalue weighted by Crippen LogP contribution is -2.59. The maximum Gasteiger partial charge on any atom is 0.326 e. The molecule has 3 rings (SSSR count). The Morgan fingerprint density at radius 2 is 1.39 bits per heavy atom. The number of nitrogens with one attached hydrogen (secondary N) is 4. The van der Waals surface area contributed by atoms with Crippen molar-refractivity contribution in [1.82, 2.24) is 26.2 Å². The number of hydrogen-bond donors (Lipinski definition) is 8. The summed E-state index contributed by atoms with van der Waals surface area (Å²) in [5.74, 6) is -4.29. The lowest BCUT2D eigenvalue weighted by molar-refractivity contribution is -0.143. The van der Waals surface area contributed by atoms with E-state index in [0.717, 1.165) is 11.1 Å². The number of likely N-dealkylation sites (tertiary alicyclic amines) is 1. The predicted octanol–water partition coefficient (Wildman–Crippen LogP) is -0.0665. The molecule has 1 aliphatic heterocycles. The van der Waals surface area contributed by atoms with Crippen LogP contribution in [0.3, 0.4) is 0 Å². The zero-order valence-electron chi connectivity index (χ0n) is 31.2. The Balaban J connectivity index is 1.70. The number of hydrogen-bond acceptors (Lipinski definition) is 8. The van der Waals surface area contributed by atoms with Crippen LogP contribution in [0.1, 0.15) is 64.0 Å². The number of nitrogens with two attached hydrogens (primary N) is 3. The highest BCUT2D eigenvalue weighted by molar-refractivity contribution is 5.96. The number of carbonyl (C=O) groups excluding carboxylic acids is 5. The highest BCUT2D eigenvalue weighted by Crippen LogP contribution is 2.21. The van der Waals surface area contributed by atoms with Gasteiger partial charge in [0.2, 0.25) is 29.5 Å². The molecule has 5 amide bonds. The zero-order valence-corrected chi connectivity index (χ0v) is 31.2. The van der Waals surface area contributed by atoms with E-state index in [4.69, 9.17) is 17.2 Å². The van der Waals surface area contributed by atoms with Crippen LogP contribution >= 0.6 is 0 Å². The molecule has 0 unspecified atom stereocenters. The van der Waals surface area contributed by atoms with Gasteiger partial charge >= 0.3 is 5.97 Å². The Morgan fingerprint density at radius 1 is 0.796 bits per heavy atom. The monoisotopic (exact) mass is 749 g/mol. The maximum atomic E-state index is 14.2. The van der Waals surface area contributed by atoms with E-state index in [2.05, 4.69) is 26.3 Å². The first-order valence-corrected chi connectivity index (χ1v) is 18.3. The Morgan fingerprint density at radius 3 is 1.96 bits per heavy atom. The number of guanidine groups is 1. The molecular weight excluding hydrogens is 694 g/mol. The summed E-state index contributed by atoms with van der Waals surface area (Å²) >= 11 is 0. The van der Waals surface area contributed by atoms with Gasteiger partial charge in [-0.25, -0.2) is 4.79 Å². The summed E-state index contributed by atoms with van der Waals surface area (Å²) in [4.78, 5) is 84.7. The molecule has 294 valence electrons. The number of carboxylic acids is 1. The van der Waals surface area contributed by atoms with E-state index in [1.807, 2.05) is 74.5 Å². The van der Waals surface area contributed by atoms with Crippen molar-refractivity contribution in [3.63, 3.8) is 0 Å². The number of carboxylic acid groups (broad SMARTS) is 1. The number of aliphatic carboxylic acids is 1. The van der Waals surface area contributed by atoms with E-state index < -0.39 is 71.8 Å². The molecule has 1 heterocycles. The lowest BCUT2D eigenvalue weighted by atomic mass is 10.0. The molecule has 2 aromatic carbocycles. The van der Waals surface area contributed by atoms with E-state index >= 15 is 0 Å². The van der Waals surface area contributed by atoms with Gasteiger partial charge in [0, 0.05) is 19.5 Å². The molecule has 54 heavy (non-hydrogen) atoms. The van der Waals surface area contributed by atoms with Crippen LogP contribution < -0.4 is 38.5 Å². The first kappa shape index (κ1) is 42.9. The molecule has 0 spiro atoms. The fourth-order valence-electron chi connectivity index (χ4n) is 6.20. The van der Waals surface area contributed by atoms with E-state index in [1.54, 1.807) is 0 Å². The third-order valence-electron chi connectivity index (χ3n) is 9.02. The fraction of sp³-hybridized carbons (Fsp3) is 0.500. The highest BCUT2D eigenvalue weighted by Gasteiger charge is 2.39.